The van der Waals surface area contributed by atoms with Gasteiger partial charge in [0.05, 0.1) is 12.2 Å². The maximum absolute atomic E-state index is 12.9. The van der Waals surface area contributed by atoms with E-state index in [1.165, 1.54) is 12.1 Å². The summed E-state index contributed by atoms with van der Waals surface area (Å²) < 4.78 is 18.6. The number of carbonyl (C=O) groups is 1. The van der Waals surface area contributed by atoms with Gasteiger partial charge in [-0.15, -0.1) is 0 Å². The second-order valence-corrected chi connectivity index (χ2v) is 4.46. The van der Waals surface area contributed by atoms with Crippen LogP contribution in [-0.4, -0.2) is 11.1 Å². The van der Waals surface area contributed by atoms with E-state index in [4.69, 9.17) is 9.84 Å². The van der Waals surface area contributed by atoms with E-state index < -0.39 is 5.97 Å². The highest BCUT2D eigenvalue weighted by Gasteiger charge is 2.25. The lowest BCUT2D eigenvalue weighted by Crippen LogP contribution is -2.00. The molecule has 1 heterocycles. The monoisotopic (exact) mass is 258 g/mol. The summed E-state index contributed by atoms with van der Waals surface area (Å²) in [6, 6.07) is 11.1. The zero-order valence-corrected chi connectivity index (χ0v) is 9.97. The van der Waals surface area contributed by atoms with Gasteiger partial charge in [-0.05, 0) is 41.0 Å². The molecular formula is C15H11FO3. The lowest BCUT2D eigenvalue weighted by molar-refractivity contribution is 0.0696. The summed E-state index contributed by atoms with van der Waals surface area (Å²) in [7, 11) is 0. The molecule has 1 aliphatic heterocycles. The van der Waals surface area contributed by atoms with Gasteiger partial charge in [-0.3, -0.25) is 0 Å². The third-order valence-electron chi connectivity index (χ3n) is 3.25. The van der Waals surface area contributed by atoms with Gasteiger partial charge in [0.15, 0.2) is 0 Å². The molecule has 96 valence electrons. The van der Waals surface area contributed by atoms with Crippen LogP contribution in [0.2, 0.25) is 0 Å². The number of hydrogen-bond donors (Lipinski definition) is 1. The molecule has 0 aromatic heterocycles. The van der Waals surface area contributed by atoms with Gasteiger partial charge in [0.25, 0.3) is 0 Å². The Morgan fingerprint density at radius 3 is 2.63 bits per heavy atom. The highest BCUT2D eigenvalue weighted by atomic mass is 19.1. The van der Waals surface area contributed by atoms with Gasteiger partial charge in [0.1, 0.15) is 11.9 Å². The van der Waals surface area contributed by atoms with Crippen molar-refractivity contribution in [3.8, 4) is 0 Å². The SMILES string of the molecule is O=C(O)c1ccc2c(c1)CO[C@@H]2c1ccc(F)cc1. The Balaban J connectivity index is 1.98. The molecule has 0 bridgehead atoms. The number of carboxylic acids is 1. The minimum atomic E-state index is -0.951. The lowest BCUT2D eigenvalue weighted by Gasteiger charge is -2.11. The normalized spacial score (nSPS) is 17.2. The summed E-state index contributed by atoms with van der Waals surface area (Å²) >= 11 is 0. The summed E-state index contributed by atoms with van der Waals surface area (Å²) in [5.41, 5.74) is 2.93. The van der Waals surface area contributed by atoms with E-state index in [0.717, 1.165) is 16.7 Å². The van der Waals surface area contributed by atoms with Gasteiger partial charge in [-0.1, -0.05) is 18.2 Å². The van der Waals surface area contributed by atoms with Gasteiger partial charge in [-0.25, -0.2) is 9.18 Å². The molecule has 0 saturated heterocycles. The Hall–Kier alpha value is -2.20. The van der Waals surface area contributed by atoms with E-state index in [0.29, 0.717) is 6.61 Å². The quantitative estimate of drug-likeness (QED) is 0.900. The molecule has 0 saturated carbocycles. The molecule has 3 rings (SSSR count). The van der Waals surface area contributed by atoms with E-state index in [-0.39, 0.29) is 17.5 Å². The van der Waals surface area contributed by atoms with Crippen molar-refractivity contribution in [1.82, 2.24) is 0 Å². The van der Waals surface area contributed by atoms with Gasteiger partial charge in [0, 0.05) is 0 Å². The first-order valence-corrected chi connectivity index (χ1v) is 5.88. The summed E-state index contributed by atoms with van der Waals surface area (Å²) in [5.74, 6) is -1.24. The highest BCUT2D eigenvalue weighted by molar-refractivity contribution is 5.88. The molecule has 0 spiro atoms. The van der Waals surface area contributed by atoms with Crippen molar-refractivity contribution in [2.75, 3.05) is 0 Å². The van der Waals surface area contributed by atoms with Crippen molar-refractivity contribution in [1.29, 1.82) is 0 Å². The summed E-state index contributed by atoms with van der Waals surface area (Å²) in [4.78, 5) is 10.9. The van der Waals surface area contributed by atoms with Crippen LogP contribution in [0.1, 0.15) is 33.2 Å². The molecule has 1 atom stereocenters. The highest BCUT2D eigenvalue weighted by Crippen LogP contribution is 2.36. The van der Waals surface area contributed by atoms with Crippen LogP contribution in [0.25, 0.3) is 0 Å². The van der Waals surface area contributed by atoms with Crippen molar-refractivity contribution >= 4 is 5.97 Å². The molecule has 2 aromatic carbocycles. The molecule has 0 radical (unpaired) electrons. The van der Waals surface area contributed by atoms with Crippen LogP contribution in [0.4, 0.5) is 4.39 Å². The van der Waals surface area contributed by atoms with Crippen LogP contribution in [0.15, 0.2) is 42.5 Å². The van der Waals surface area contributed by atoms with E-state index in [2.05, 4.69) is 0 Å². The Morgan fingerprint density at radius 1 is 1.21 bits per heavy atom. The van der Waals surface area contributed by atoms with Crippen molar-refractivity contribution in [3.05, 3.63) is 70.5 Å². The fourth-order valence-corrected chi connectivity index (χ4v) is 2.30. The third-order valence-corrected chi connectivity index (χ3v) is 3.25. The second-order valence-electron chi connectivity index (χ2n) is 4.46. The molecule has 0 fully saturated rings. The average Bonchev–Trinajstić information content (AvgIpc) is 2.82. The predicted octanol–water partition coefficient (Wildman–Crippen LogP) is 3.14. The van der Waals surface area contributed by atoms with Crippen LogP contribution in [0.5, 0.6) is 0 Å². The number of fused-ring (bicyclic) bond motifs is 1. The third kappa shape index (κ3) is 2.11. The van der Waals surface area contributed by atoms with E-state index in [1.54, 1.807) is 30.3 Å². The summed E-state index contributed by atoms with van der Waals surface area (Å²) in [5, 5.41) is 8.95. The molecule has 3 nitrogen and oxygen atoms in total. The molecule has 0 aliphatic carbocycles. The van der Waals surface area contributed by atoms with Gasteiger partial charge in [-0.2, -0.15) is 0 Å². The first-order chi connectivity index (χ1) is 9.15. The molecule has 1 N–H and O–H groups in total. The van der Waals surface area contributed by atoms with E-state index >= 15 is 0 Å². The topological polar surface area (TPSA) is 46.5 Å². The molecule has 2 aromatic rings. The zero-order chi connectivity index (χ0) is 13.4. The smallest absolute Gasteiger partial charge is 0.335 e. The number of hydrogen-bond acceptors (Lipinski definition) is 2. The van der Waals surface area contributed by atoms with Crippen LogP contribution < -0.4 is 0 Å². The molecule has 1 aliphatic rings. The van der Waals surface area contributed by atoms with E-state index in [1.807, 2.05) is 0 Å². The second kappa shape index (κ2) is 4.48. The minimum Gasteiger partial charge on any atom is -0.478 e. The van der Waals surface area contributed by atoms with Crippen molar-refractivity contribution in [3.63, 3.8) is 0 Å². The van der Waals surface area contributed by atoms with Crippen LogP contribution >= 0.6 is 0 Å². The van der Waals surface area contributed by atoms with Crippen molar-refractivity contribution in [2.45, 2.75) is 12.7 Å². The fraction of sp³-hybridized carbons (Fsp3) is 0.133. The maximum atomic E-state index is 12.9. The Bertz CT molecular complexity index is 634. The fourth-order valence-electron chi connectivity index (χ4n) is 2.30. The minimum absolute atomic E-state index is 0.251. The molecule has 19 heavy (non-hydrogen) atoms. The molecule has 4 heteroatoms. The number of rotatable bonds is 2. The zero-order valence-electron chi connectivity index (χ0n) is 9.97. The average molecular weight is 258 g/mol. The number of carboxylic acid groups (broad SMARTS) is 1. The summed E-state index contributed by atoms with van der Waals surface area (Å²) in [6.45, 7) is 0.374. The maximum Gasteiger partial charge on any atom is 0.335 e. The number of halogens is 1. The van der Waals surface area contributed by atoms with Crippen LogP contribution in [0, 0.1) is 5.82 Å². The van der Waals surface area contributed by atoms with Crippen molar-refractivity contribution < 1.29 is 19.0 Å². The lowest BCUT2D eigenvalue weighted by atomic mass is 9.98. The van der Waals surface area contributed by atoms with Gasteiger partial charge >= 0.3 is 5.97 Å². The molecular weight excluding hydrogens is 247 g/mol. The molecule has 0 unspecified atom stereocenters. The molecule has 0 amide bonds. The Kier molecular flexibility index (Phi) is 2.80. The van der Waals surface area contributed by atoms with Crippen LogP contribution in [-0.2, 0) is 11.3 Å². The van der Waals surface area contributed by atoms with E-state index in [9.17, 15) is 9.18 Å². The standard InChI is InChI=1S/C15H11FO3/c16-12-4-1-9(2-5-12)14-13-6-3-10(15(17)18)7-11(13)8-19-14/h1-7,14H,8H2,(H,17,18)/t14-/m1/s1. The van der Waals surface area contributed by atoms with Crippen LogP contribution in [0.3, 0.4) is 0 Å². The first kappa shape index (κ1) is 11.9. The summed E-state index contributed by atoms with van der Waals surface area (Å²) in [6.07, 6.45) is -0.251. The largest absolute Gasteiger partial charge is 0.478 e. The number of ether oxygens (including phenoxy) is 1. The predicted molar refractivity (Wildman–Crippen MR) is 66.4 cm³/mol. The van der Waals surface area contributed by atoms with Gasteiger partial charge < -0.3 is 9.84 Å². The number of aromatic carboxylic acids is 1. The number of benzene rings is 2. The Morgan fingerprint density at radius 2 is 1.95 bits per heavy atom. The first-order valence-electron chi connectivity index (χ1n) is 5.88. The van der Waals surface area contributed by atoms with Gasteiger partial charge in [0.2, 0.25) is 0 Å². The van der Waals surface area contributed by atoms with Crippen molar-refractivity contribution in [2.24, 2.45) is 0 Å². The Labute approximate surface area is 109 Å².